The van der Waals surface area contributed by atoms with Crippen LogP contribution in [0.4, 0.5) is 0 Å². The Morgan fingerprint density at radius 1 is 1.19 bits per heavy atom. The molecule has 3 nitrogen and oxygen atoms in total. The van der Waals surface area contributed by atoms with Crippen molar-refractivity contribution in [3.05, 3.63) is 59.9 Å². The number of phenolic OH excluding ortho intramolecular Hbond substituents is 1. The molecule has 0 bridgehead atoms. The molecule has 0 radical (unpaired) electrons. The van der Waals surface area contributed by atoms with Gasteiger partial charge in [-0.3, -0.25) is 9.98 Å². The second-order valence-corrected chi connectivity index (χ2v) is 3.39. The molecule has 2 rings (SSSR count). The lowest BCUT2D eigenvalue weighted by atomic mass is 10.2. The molecule has 0 fully saturated rings. The lowest BCUT2D eigenvalue weighted by Crippen LogP contribution is -1.85. The van der Waals surface area contributed by atoms with Crippen LogP contribution in [0.1, 0.15) is 11.1 Å². The van der Waals surface area contributed by atoms with E-state index in [1.54, 1.807) is 30.7 Å². The minimum Gasteiger partial charge on any atom is -0.507 e. The minimum absolute atomic E-state index is 0.248. The highest BCUT2D eigenvalue weighted by atomic mass is 16.3. The summed E-state index contributed by atoms with van der Waals surface area (Å²) in [6.45, 7) is 0.572. The van der Waals surface area contributed by atoms with E-state index in [4.69, 9.17) is 0 Å². The highest BCUT2D eigenvalue weighted by molar-refractivity contribution is 5.83. The molecule has 0 aliphatic carbocycles. The summed E-state index contributed by atoms with van der Waals surface area (Å²) in [5.41, 5.74) is 1.78. The molecule has 16 heavy (non-hydrogen) atoms. The number of phenols is 1. The van der Waals surface area contributed by atoms with Crippen molar-refractivity contribution >= 4 is 6.21 Å². The fraction of sp³-hybridized carbons (Fsp3) is 0.0769. The van der Waals surface area contributed by atoms with Crippen LogP contribution in [-0.4, -0.2) is 16.3 Å². The predicted molar refractivity (Wildman–Crippen MR) is 63.6 cm³/mol. The van der Waals surface area contributed by atoms with Crippen molar-refractivity contribution < 1.29 is 5.11 Å². The molecule has 1 aromatic heterocycles. The Hall–Kier alpha value is -2.16. The maximum Gasteiger partial charge on any atom is 0.124 e. The van der Waals surface area contributed by atoms with Gasteiger partial charge in [-0.15, -0.1) is 0 Å². The molecule has 80 valence electrons. The fourth-order valence-electron chi connectivity index (χ4n) is 1.34. The Morgan fingerprint density at radius 3 is 2.81 bits per heavy atom. The summed E-state index contributed by atoms with van der Waals surface area (Å²) in [5.74, 6) is 0.248. The zero-order valence-electron chi connectivity index (χ0n) is 8.74. The van der Waals surface area contributed by atoms with E-state index in [9.17, 15) is 5.11 Å². The van der Waals surface area contributed by atoms with Crippen molar-refractivity contribution in [2.24, 2.45) is 4.99 Å². The van der Waals surface area contributed by atoms with Gasteiger partial charge in [0, 0.05) is 24.2 Å². The average Bonchev–Trinajstić information content (AvgIpc) is 2.33. The molecule has 0 atom stereocenters. The molecule has 0 amide bonds. The molecule has 0 saturated carbocycles. The molecular formula is C13H12N2O. The Kier molecular flexibility index (Phi) is 3.28. The molecule has 1 N–H and O–H groups in total. The molecule has 0 saturated heterocycles. The van der Waals surface area contributed by atoms with Gasteiger partial charge in [-0.1, -0.05) is 18.2 Å². The smallest absolute Gasteiger partial charge is 0.124 e. The van der Waals surface area contributed by atoms with Crippen LogP contribution in [0.3, 0.4) is 0 Å². The summed E-state index contributed by atoms with van der Waals surface area (Å²) < 4.78 is 0. The largest absolute Gasteiger partial charge is 0.507 e. The first-order chi connectivity index (χ1) is 7.86. The number of aliphatic imine (C=N–C) groups is 1. The summed E-state index contributed by atoms with van der Waals surface area (Å²) in [6, 6.07) is 11.0. The Balaban J connectivity index is 2.03. The maximum absolute atomic E-state index is 9.50. The van der Waals surface area contributed by atoms with Gasteiger partial charge in [0.1, 0.15) is 5.75 Å². The van der Waals surface area contributed by atoms with Crippen LogP contribution < -0.4 is 0 Å². The van der Waals surface area contributed by atoms with E-state index in [0.29, 0.717) is 6.54 Å². The number of benzene rings is 1. The van der Waals surface area contributed by atoms with Gasteiger partial charge in [0.25, 0.3) is 0 Å². The topological polar surface area (TPSA) is 45.5 Å². The number of aromatic nitrogens is 1. The first-order valence-electron chi connectivity index (χ1n) is 5.03. The first-order valence-corrected chi connectivity index (χ1v) is 5.03. The van der Waals surface area contributed by atoms with Gasteiger partial charge in [-0.25, -0.2) is 0 Å². The predicted octanol–water partition coefficient (Wildman–Crippen LogP) is 2.41. The third kappa shape index (κ3) is 2.67. The highest BCUT2D eigenvalue weighted by Crippen LogP contribution is 2.12. The molecule has 1 heterocycles. The molecule has 1 aromatic carbocycles. The van der Waals surface area contributed by atoms with Gasteiger partial charge in [-0.05, 0) is 23.8 Å². The molecule has 0 spiro atoms. The van der Waals surface area contributed by atoms with Crippen molar-refractivity contribution in [1.82, 2.24) is 4.98 Å². The summed E-state index contributed by atoms with van der Waals surface area (Å²) >= 11 is 0. The lowest BCUT2D eigenvalue weighted by molar-refractivity contribution is 0.474. The van der Waals surface area contributed by atoms with Crippen LogP contribution in [0.15, 0.2) is 53.8 Å². The van der Waals surface area contributed by atoms with Gasteiger partial charge < -0.3 is 5.11 Å². The van der Waals surface area contributed by atoms with E-state index in [1.165, 1.54) is 0 Å². The van der Waals surface area contributed by atoms with Crippen molar-refractivity contribution in [2.75, 3.05) is 0 Å². The second kappa shape index (κ2) is 5.07. The Morgan fingerprint density at radius 2 is 2.06 bits per heavy atom. The monoisotopic (exact) mass is 212 g/mol. The minimum atomic E-state index is 0.248. The van der Waals surface area contributed by atoms with Crippen molar-refractivity contribution in [1.29, 1.82) is 0 Å². The zero-order valence-corrected chi connectivity index (χ0v) is 8.74. The van der Waals surface area contributed by atoms with E-state index >= 15 is 0 Å². The molecule has 0 aliphatic heterocycles. The number of hydrogen-bond donors (Lipinski definition) is 1. The van der Waals surface area contributed by atoms with Crippen molar-refractivity contribution in [3.63, 3.8) is 0 Å². The van der Waals surface area contributed by atoms with Crippen LogP contribution in [0, 0.1) is 0 Å². The Labute approximate surface area is 94.1 Å². The SMILES string of the molecule is Oc1ccccc1C=NCc1cccnc1. The summed E-state index contributed by atoms with van der Waals surface area (Å²) in [4.78, 5) is 8.25. The third-order valence-corrected chi connectivity index (χ3v) is 2.16. The number of nitrogens with zero attached hydrogens (tertiary/aromatic N) is 2. The maximum atomic E-state index is 9.50. The van der Waals surface area contributed by atoms with E-state index in [2.05, 4.69) is 9.98 Å². The normalized spacial score (nSPS) is 10.8. The van der Waals surface area contributed by atoms with E-state index in [0.717, 1.165) is 11.1 Å². The quantitative estimate of drug-likeness (QED) is 0.794. The molecular weight excluding hydrogens is 200 g/mol. The standard InChI is InChI=1S/C13H12N2O/c16-13-6-2-1-5-12(13)10-15-9-11-4-3-7-14-8-11/h1-8,10,16H,9H2. The second-order valence-electron chi connectivity index (χ2n) is 3.39. The number of para-hydroxylation sites is 1. The van der Waals surface area contributed by atoms with Crippen LogP contribution >= 0.6 is 0 Å². The van der Waals surface area contributed by atoms with Gasteiger partial charge in [0.05, 0.1) is 6.54 Å². The van der Waals surface area contributed by atoms with E-state index < -0.39 is 0 Å². The van der Waals surface area contributed by atoms with Gasteiger partial charge in [0.15, 0.2) is 0 Å². The third-order valence-electron chi connectivity index (χ3n) is 2.16. The van der Waals surface area contributed by atoms with Crippen molar-refractivity contribution in [3.8, 4) is 5.75 Å². The zero-order chi connectivity index (χ0) is 11.2. The van der Waals surface area contributed by atoms with Crippen LogP contribution in [0.25, 0.3) is 0 Å². The summed E-state index contributed by atoms with van der Waals surface area (Å²) in [6.07, 6.45) is 5.18. The molecule has 2 aromatic rings. The van der Waals surface area contributed by atoms with Crippen LogP contribution in [-0.2, 0) is 6.54 Å². The fourth-order valence-corrected chi connectivity index (χ4v) is 1.34. The number of rotatable bonds is 3. The van der Waals surface area contributed by atoms with E-state index in [-0.39, 0.29) is 5.75 Å². The van der Waals surface area contributed by atoms with Crippen LogP contribution in [0.5, 0.6) is 5.75 Å². The summed E-state index contributed by atoms with van der Waals surface area (Å²) in [5, 5.41) is 9.50. The number of hydrogen-bond acceptors (Lipinski definition) is 3. The van der Waals surface area contributed by atoms with Gasteiger partial charge >= 0.3 is 0 Å². The number of pyridine rings is 1. The highest BCUT2D eigenvalue weighted by Gasteiger charge is 1.94. The average molecular weight is 212 g/mol. The first kappa shape index (κ1) is 10.4. The molecule has 0 unspecified atom stereocenters. The van der Waals surface area contributed by atoms with Crippen LogP contribution in [0.2, 0.25) is 0 Å². The molecule has 3 heteroatoms. The number of aromatic hydroxyl groups is 1. The van der Waals surface area contributed by atoms with Crippen molar-refractivity contribution in [2.45, 2.75) is 6.54 Å². The summed E-state index contributed by atoms with van der Waals surface area (Å²) in [7, 11) is 0. The molecule has 0 aliphatic rings. The lowest BCUT2D eigenvalue weighted by Gasteiger charge is -1.97. The Bertz CT molecular complexity index is 480. The van der Waals surface area contributed by atoms with E-state index in [1.807, 2.05) is 24.3 Å². The van der Waals surface area contributed by atoms with Gasteiger partial charge in [-0.2, -0.15) is 0 Å². The van der Waals surface area contributed by atoms with Gasteiger partial charge in [0.2, 0.25) is 0 Å².